The SMILES string of the molecule is CCOCC(C)(C)OCC(C)N. The molecule has 1 unspecified atom stereocenters. The van der Waals surface area contributed by atoms with E-state index in [0.29, 0.717) is 13.2 Å². The molecule has 0 heterocycles. The van der Waals surface area contributed by atoms with E-state index < -0.39 is 0 Å². The second-order valence-electron chi connectivity index (χ2n) is 3.69. The van der Waals surface area contributed by atoms with Gasteiger partial charge in [0.15, 0.2) is 0 Å². The largest absolute Gasteiger partial charge is 0.379 e. The summed E-state index contributed by atoms with van der Waals surface area (Å²) in [6.45, 7) is 9.84. The highest BCUT2D eigenvalue weighted by atomic mass is 16.5. The molecule has 3 heteroatoms. The Labute approximate surface area is 75.2 Å². The first-order valence-corrected chi connectivity index (χ1v) is 4.45. The minimum absolute atomic E-state index is 0.0888. The molecule has 0 radical (unpaired) electrons. The van der Waals surface area contributed by atoms with Crippen molar-refractivity contribution in [2.24, 2.45) is 5.73 Å². The monoisotopic (exact) mass is 175 g/mol. The van der Waals surface area contributed by atoms with E-state index in [4.69, 9.17) is 15.2 Å². The lowest BCUT2D eigenvalue weighted by Gasteiger charge is -2.25. The highest BCUT2D eigenvalue weighted by Gasteiger charge is 2.18. The van der Waals surface area contributed by atoms with Crippen LogP contribution in [-0.2, 0) is 9.47 Å². The number of ether oxygens (including phenoxy) is 2. The Kier molecular flexibility index (Phi) is 5.46. The van der Waals surface area contributed by atoms with Crippen LogP contribution in [0.1, 0.15) is 27.7 Å². The Balaban J connectivity index is 3.56. The van der Waals surface area contributed by atoms with Crippen LogP contribution in [0.15, 0.2) is 0 Å². The van der Waals surface area contributed by atoms with E-state index in [-0.39, 0.29) is 11.6 Å². The van der Waals surface area contributed by atoms with E-state index in [0.717, 1.165) is 6.61 Å². The van der Waals surface area contributed by atoms with Gasteiger partial charge in [-0.3, -0.25) is 0 Å². The molecule has 1 atom stereocenters. The quantitative estimate of drug-likeness (QED) is 0.659. The van der Waals surface area contributed by atoms with Crippen LogP contribution >= 0.6 is 0 Å². The van der Waals surface area contributed by atoms with Gasteiger partial charge in [0, 0.05) is 12.6 Å². The summed E-state index contributed by atoms with van der Waals surface area (Å²) in [6, 6.07) is 0.0888. The van der Waals surface area contributed by atoms with Crippen LogP contribution in [-0.4, -0.2) is 31.5 Å². The smallest absolute Gasteiger partial charge is 0.0859 e. The minimum atomic E-state index is -0.219. The Morgan fingerprint density at radius 1 is 1.42 bits per heavy atom. The average Bonchev–Trinajstić information content (AvgIpc) is 1.98. The van der Waals surface area contributed by atoms with Crippen molar-refractivity contribution in [2.45, 2.75) is 39.3 Å². The summed E-state index contributed by atoms with van der Waals surface area (Å²) in [6.07, 6.45) is 0. The van der Waals surface area contributed by atoms with Gasteiger partial charge in [-0.2, -0.15) is 0 Å². The zero-order valence-electron chi connectivity index (χ0n) is 8.59. The van der Waals surface area contributed by atoms with Gasteiger partial charge in [-0.05, 0) is 27.7 Å². The molecule has 0 saturated heterocycles. The zero-order chi connectivity index (χ0) is 9.61. The molecule has 12 heavy (non-hydrogen) atoms. The molecule has 2 N–H and O–H groups in total. The standard InChI is InChI=1S/C9H21NO2/c1-5-11-7-9(3,4)12-6-8(2)10/h8H,5-7,10H2,1-4H3. The van der Waals surface area contributed by atoms with Crippen molar-refractivity contribution in [2.75, 3.05) is 19.8 Å². The second-order valence-corrected chi connectivity index (χ2v) is 3.69. The van der Waals surface area contributed by atoms with Crippen LogP contribution in [0.4, 0.5) is 0 Å². The maximum atomic E-state index is 5.56. The van der Waals surface area contributed by atoms with Crippen molar-refractivity contribution in [1.29, 1.82) is 0 Å². The van der Waals surface area contributed by atoms with Crippen LogP contribution in [0, 0.1) is 0 Å². The summed E-state index contributed by atoms with van der Waals surface area (Å²) in [4.78, 5) is 0. The molecule has 0 saturated carbocycles. The number of hydrogen-bond acceptors (Lipinski definition) is 3. The zero-order valence-corrected chi connectivity index (χ0v) is 8.59. The highest BCUT2D eigenvalue weighted by molar-refractivity contribution is 4.68. The summed E-state index contributed by atoms with van der Waals surface area (Å²) in [5.41, 5.74) is 5.34. The van der Waals surface area contributed by atoms with Crippen LogP contribution in [0.25, 0.3) is 0 Å². The van der Waals surface area contributed by atoms with E-state index in [2.05, 4.69) is 0 Å². The van der Waals surface area contributed by atoms with Gasteiger partial charge in [-0.25, -0.2) is 0 Å². The maximum absolute atomic E-state index is 5.56. The molecule has 0 aromatic rings. The Hall–Kier alpha value is -0.120. The second kappa shape index (κ2) is 5.51. The molecule has 0 aliphatic heterocycles. The number of nitrogens with two attached hydrogens (primary N) is 1. The van der Waals surface area contributed by atoms with Crippen LogP contribution in [0.2, 0.25) is 0 Å². The topological polar surface area (TPSA) is 44.5 Å². The molecule has 3 nitrogen and oxygen atoms in total. The third-order valence-corrected chi connectivity index (χ3v) is 1.39. The van der Waals surface area contributed by atoms with Gasteiger partial charge in [0.1, 0.15) is 0 Å². The van der Waals surface area contributed by atoms with Gasteiger partial charge in [0.25, 0.3) is 0 Å². The van der Waals surface area contributed by atoms with Gasteiger partial charge in [0.05, 0.1) is 18.8 Å². The van der Waals surface area contributed by atoms with Crippen molar-refractivity contribution in [3.63, 3.8) is 0 Å². The minimum Gasteiger partial charge on any atom is -0.379 e. The summed E-state index contributed by atoms with van der Waals surface area (Å²) in [5.74, 6) is 0. The van der Waals surface area contributed by atoms with E-state index >= 15 is 0 Å². The maximum Gasteiger partial charge on any atom is 0.0859 e. The molecule has 74 valence electrons. The van der Waals surface area contributed by atoms with Crippen molar-refractivity contribution in [1.82, 2.24) is 0 Å². The molecular weight excluding hydrogens is 154 g/mol. The average molecular weight is 175 g/mol. The number of rotatable bonds is 6. The van der Waals surface area contributed by atoms with Gasteiger partial charge in [-0.15, -0.1) is 0 Å². The van der Waals surface area contributed by atoms with Gasteiger partial charge in [-0.1, -0.05) is 0 Å². The molecular formula is C9H21NO2. The van der Waals surface area contributed by atoms with Crippen molar-refractivity contribution in [3.8, 4) is 0 Å². The predicted octanol–water partition coefficient (Wildman–Crippen LogP) is 1.17. The molecule has 0 amide bonds. The fourth-order valence-electron chi connectivity index (χ4n) is 0.747. The highest BCUT2D eigenvalue weighted by Crippen LogP contribution is 2.09. The molecule has 0 aromatic carbocycles. The summed E-state index contributed by atoms with van der Waals surface area (Å²) in [5, 5.41) is 0. The van der Waals surface area contributed by atoms with E-state index in [1.165, 1.54) is 0 Å². The molecule has 0 aliphatic rings. The first-order valence-electron chi connectivity index (χ1n) is 4.45. The Bertz CT molecular complexity index is 113. The van der Waals surface area contributed by atoms with Crippen molar-refractivity contribution >= 4 is 0 Å². The predicted molar refractivity (Wildman–Crippen MR) is 50.2 cm³/mol. The molecule has 0 bridgehead atoms. The third-order valence-electron chi connectivity index (χ3n) is 1.39. The fraction of sp³-hybridized carbons (Fsp3) is 1.00. The Morgan fingerprint density at radius 3 is 2.42 bits per heavy atom. The van der Waals surface area contributed by atoms with Crippen molar-refractivity contribution < 1.29 is 9.47 Å². The lowest BCUT2D eigenvalue weighted by atomic mass is 10.1. The van der Waals surface area contributed by atoms with Crippen LogP contribution in [0.3, 0.4) is 0 Å². The molecule has 0 fully saturated rings. The van der Waals surface area contributed by atoms with Gasteiger partial charge in [0.2, 0.25) is 0 Å². The Morgan fingerprint density at radius 2 is 2.00 bits per heavy atom. The number of hydrogen-bond donors (Lipinski definition) is 1. The van der Waals surface area contributed by atoms with Crippen molar-refractivity contribution in [3.05, 3.63) is 0 Å². The first kappa shape index (κ1) is 11.9. The molecule has 0 aromatic heterocycles. The summed E-state index contributed by atoms with van der Waals surface area (Å²) >= 11 is 0. The summed E-state index contributed by atoms with van der Waals surface area (Å²) in [7, 11) is 0. The van der Waals surface area contributed by atoms with E-state index in [9.17, 15) is 0 Å². The fourth-order valence-corrected chi connectivity index (χ4v) is 0.747. The van der Waals surface area contributed by atoms with Crippen LogP contribution in [0.5, 0.6) is 0 Å². The van der Waals surface area contributed by atoms with Gasteiger partial charge >= 0.3 is 0 Å². The molecule has 0 rings (SSSR count). The lowest BCUT2D eigenvalue weighted by molar-refractivity contribution is -0.0757. The summed E-state index contributed by atoms with van der Waals surface area (Å²) < 4.78 is 10.8. The van der Waals surface area contributed by atoms with Crippen LogP contribution < -0.4 is 5.73 Å². The lowest BCUT2D eigenvalue weighted by Crippen LogP contribution is -2.35. The normalized spacial score (nSPS) is 14.8. The first-order chi connectivity index (χ1) is 5.48. The van der Waals surface area contributed by atoms with E-state index in [1.807, 2.05) is 27.7 Å². The molecule has 0 aliphatic carbocycles. The van der Waals surface area contributed by atoms with E-state index in [1.54, 1.807) is 0 Å². The third kappa shape index (κ3) is 6.58. The van der Waals surface area contributed by atoms with Gasteiger partial charge < -0.3 is 15.2 Å². The molecule has 0 spiro atoms.